The molecule has 2 heterocycles. The second-order valence-corrected chi connectivity index (χ2v) is 5.89. The lowest BCUT2D eigenvalue weighted by atomic mass is 10.2. The predicted octanol–water partition coefficient (Wildman–Crippen LogP) is 4.36. The zero-order valence-corrected chi connectivity index (χ0v) is 12.6. The maximum Gasteiger partial charge on any atom is 0.157 e. The van der Waals surface area contributed by atoms with Crippen LogP contribution in [0.5, 0.6) is 5.75 Å². The maximum atomic E-state index is 12.8. The Morgan fingerprint density at radius 1 is 1.24 bits per heavy atom. The third kappa shape index (κ3) is 3.62. The van der Waals surface area contributed by atoms with Crippen LogP contribution in [-0.4, -0.2) is 9.78 Å². The molecule has 0 amide bonds. The van der Waals surface area contributed by atoms with Gasteiger partial charge in [-0.25, -0.2) is 4.39 Å². The molecule has 0 N–H and O–H groups in total. The lowest BCUT2D eigenvalue weighted by Crippen LogP contribution is -1.99. The van der Waals surface area contributed by atoms with Crippen LogP contribution in [0, 0.1) is 5.82 Å². The second kappa shape index (κ2) is 6.28. The number of nitrogens with zero attached hydrogens (tertiary/aromatic N) is 2. The van der Waals surface area contributed by atoms with Gasteiger partial charge in [0.05, 0.1) is 28.8 Å². The Hall–Kier alpha value is -1.85. The van der Waals surface area contributed by atoms with Crippen LogP contribution in [0.3, 0.4) is 0 Å². The van der Waals surface area contributed by atoms with Crippen molar-refractivity contribution in [2.75, 3.05) is 0 Å². The Morgan fingerprint density at radius 2 is 2.05 bits per heavy atom. The van der Waals surface area contributed by atoms with Crippen molar-refractivity contribution in [1.82, 2.24) is 9.78 Å². The number of halogens is 2. The summed E-state index contributed by atoms with van der Waals surface area (Å²) >= 11 is 7.57. The second-order valence-electron chi connectivity index (χ2n) is 4.48. The quantitative estimate of drug-likeness (QED) is 0.697. The predicted molar refractivity (Wildman–Crippen MR) is 81.4 cm³/mol. The summed E-state index contributed by atoms with van der Waals surface area (Å²) in [6.45, 7) is 1.00. The number of thiophene rings is 1. The molecular formula is C15H12ClFN2OS. The zero-order valence-electron chi connectivity index (χ0n) is 11.0. The van der Waals surface area contributed by atoms with E-state index in [1.54, 1.807) is 34.3 Å². The molecule has 3 nitrogen and oxygen atoms in total. The van der Waals surface area contributed by atoms with Gasteiger partial charge in [0.15, 0.2) is 5.75 Å². The van der Waals surface area contributed by atoms with Crippen molar-refractivity contribution < 1.29 is 9.13 Å². The molecule has 3 rings (SSSR count). The van der Waals surface area contributed by atoms with Gasteiger partial charge in [-0.1, -0.05) is 23.7 Å². The fourth-order valence-corrected chi connectivity index (χ4v) is 2.86. The van der Waals surface area contributed by atoms with E-state index in [1.165, 1.54) is 12.1 Å². The Labute approximate surface area is 130 Å². The number of rotatable bonds is 5. The van der Waals surface area contributed by atoms with E-state index in [0.29, 0.717) is 18.9 Å². The first-order valence-electron chi connectivity index (χ1n) is 6.32. The molecule has 0 aliphatic rings. The third-order valence-electron chi connectivity index (χ3n) is 2.93. The molecule has 21 heavy (non-hydrogen) atoms. The minimum Gasteiger partial charge on any atom is -0.485 e. The Balaban J connectivity index is 1.61. The van der Waals surface area contributed by atoms with Gasteiger partial charge in [-0.2, -0.15) is 5.10 Å². The van der Waals surface area contributed by atoms with Crippen LogP contribution >= 0.6 is 22.9 Å². The summed E-state index contributed by atoms with van der Waals surface area (Å²) in [5, 5.41) is 6.88. The molecule has 0 bridgehead atoms. The molecule has 0 aliphatic carbocycles. The highest BCUT2D eigenvalue weighted by Gasteiger charge is 2.05. The van der Waals surface area contributed by atoms with E-state index in [9.17, 15) is 4.39 Å². The van der Waals surface area contributed by atoms with Crippen LogP contribution in [0.1, 0.15) is 10.4 Å². The first-order valence-corrected chi connectivity index (χ1v) is 7.58. The van der Waals surface area contributed by atoms with E-state index in [-0.39, 0.29) is 5.82 Å². The van der Waals surface area contributed by atoms with Crippen molar-refractivity contribution in [3.63, 3.8) is 0 Å². The minimum atomic E-state index is -0.240. The van der Waals surface area contributed by atoms with Gasteiger partial charge in [0.25, 0.3) is 0 Å². The Bertz CT molecular complexity index is 723. The summed E-state index contributed by atoms with van der Waals surface area (Å²) < 4.78 is 20.2. The van der Waals surface area contributed by atoms with Crippen molar-refractivity contribution in [3.05, 3.63) is 69.4 Å². The van der Waals surface area contributed by atoms with Crippen molar-refractivity contribution in [1.29, 1.82) is 0 Å². The van der Waals surface area contributed by atoms with Gasteiger partial charge in [-0.05, 0) is 29.1 Å². The third-order valence-corrected chi connectivity index (χ3v) is 4.29. The molecule has 2 aromatic heterocycles. The van der Waals surface area contributed by atoms with Crippen LogP contribution in [0.15, 0.2) is 48.1 Å². The average Bonchev–Trinajstić information content (AvgIpc) is 3.08. The van der Waals surface area contributed by atoms with Crippen LogP contribution in [-0.2, 0) is 13.2 Å². The van der Waals surface area contributed by atoms with Crippen LogP contribution in [0.4, 0.5) is 4.39 Å². The summed E-state index contributed by atoms with van der Waals surface area (Å²) in [4.78, 5) is 0.989. The number of hydrogen-bond donors (Lipinski definition) is 0. The lowest BCUT2D eigenvalue weighted by molar-refractivity contribution is 0.309. The first-order chi connectivity index (χ1) is 10.2. The molecule has 0 atom stereocenters. The molecule has 108 valence electrons. The first kappa shape index (κ1) is 14.1. The summed E-state index contributed by atoms with van der Waals surface area (Å²) in [6, 6.07) is 8.21. The number of benzene rings is 1. The molecule has 0 spiro atoms. The molecule has 0 saturated heterocycles. The van der Waals surface area contributed by atoms with Gasteiger partial charge < -0.3 is 4.74 Å². The fourth-order valence-electron chi connectivity index (χ4n) is 1.86. The summed E-state index contributed by atoms with van der Waals surface area (Å²) in [7, 11) is 0. The van der Waals surface area contributed by atoms with Gasteiger partial charge >= 0.3 is 0 Å². The number of ether oxygens (including phenoxy) is 1. The highest BCUT2D eigenvalue weighted by Crippen LogP contribution is 2.23. The average molecular weight is 323 g/mol. The van der Waals surface area contributed by atoms with E-state index < -0.39 is 0 Å². The molecule has 3 aromatic rings. The summed E-state index contributed by atoms with van der Waals surface area (Å²) in [5.74, 6) is 0.442. The smallest absolute Gasteiger partial charge is 0.157 e. The van der Waals surface area contributed by atoms with Crippen molar-refractivity contribution in [2.45, 2.75) is 13.2 Å². The molecule has 0 aliphatic heterocycles. The standard InChI is InChI=1S/C15H12ClFN2OS/c16-14-5-6-21-15(14)10-20-13-7-18-19(9-13)8-11-1-3-12(17)4-2-11/h1-7,9H,8,10H2. The van der Waals surface area contributed by atoms with Crippen LogP contribution < -0.4 is 4.74 Å². The van der Waals surface area contributed by atoms with E-state index in [1.807, 2.05) is 17.6 Å². The molecule has 6 heteroatoms. The normalized spacial score (nSPS) is 10.8. The van der Waals surface area contributed by atoms with Gasteiger partial charge in [0.1, 0.15) is 12.4 Å². The molecule has 0 fully saturated rings. The van der Waals surface area contributed by atoms with Crippen molar-refractivity contribution in [3.8, 4) is 5.75 Å². The van der Waals surface area contributed by atoms with Crippen molar-refractivity contribution in [2.24, 2.45) is 0 Å². The van der Waals surface area contributed by atoms with E-state index in [2.05, 4.69) is 5.10 Å². The van der Waals surface area contributed by atoms with Crippen LogP contribution in [0.25, 0.3) is 0 Å². The van der Waals surface area contributed by atoms with Gasteiger partial charge in [-0.15, -0.1) is 11.3 Å². The fraction of sp³-hybridized carbons (Fsp3) is 0.133. The highest BCUT2D eigenvalue weighted by atomic mass is 35.5. The summed E-state index contributed by atoms with van der Waals surface area (Å²) in [5.41, 5.74) is 0.979. The monoisotopic (exact) mass is 322 g/mol. The molecule has 0 saturated carbocycles. The molecular weight excluding hydrogens is 311 g/mol. The minimum absolute atomic E-state index is 0.240. The lowest BCUT2D eigenvalue weighted by Gasteiger charge is -2.02. The van der Waals surface area contributed by atoms with E-state index >= 15 is 0 Å². The Kier molecular flexibility index (Phi) is 4.22. The van der Waals surface area contributed by atoms with Crippen molar-refractivity contribution >= 4 is 22.9 Å². The topological polar surface area (TPSA) is 27.1 Å². The van der Waals surface area contributed by atoms with Gasteiger partial charge in [0, 0.05) is 0 Å². The zero-order chi connectivity index (χ0) is 14.7. The van der Waals surface area contributed by atoms with Crippen LogP contribution in [0.2, 0.25) is 5.02 Å². The highest BCUT2D eigenvalue weighted by molar-refractivity contribution is 7.10. The molecule has 1 aromatic carbocycles. The Morgan fingerprint density at radius 3 is 2.76 bits per heavy atom. The van der Waals surface area contributed by atoms with Gasteiger partial charge in [0.2, 0.25) is 0 Å². The SMILES string of the molecule is Fc1ccc(Cn2cc(OCc3sccc3Cl)cn2)cc1. The maximum absolute atomic E-state index is 12.8. The van der Waals surface area contributed by atoms with E-state index in [4.69, 9.17) is 16.3 Å². The van der Waals surface area contributed by atoms with Gasteiger partial charge in [-0.3, -0.25) is 4.68 Å². The molecule has 0 unspecified atom stereocenters. The van der Waals surface area contributed by atoms with E-state index in [0.717, 1.165) is 15.5 Å². The molecule has 0 radical (unpaired) electrons. The number of hydrogen-bond acceptors (Lipinski definition) is 3. The number of aromatic nitrogens is 2. The summed E-state index contributed by atoms with van der Waals surface area (Å²) in [6.07, 6.45) is 3.47. The largest absolute Gasteiger partial charge is 0.485 e.